The molecule has 1 aromatic heterocycles. The van der Waals surface area contributed by atoms with Crippen LogP contribution in [-0.4, -0.2) is 27.5 Å². The summed E-state index contributed by atoms with van der Waals surface area (Å²) in [6, 6.07) is 0.353. The van der Waals surface area contributed by atoms with Crippen molar-refractivity contribution in [3.63, 3.8) is 0 Å². The van der Waals surface area contributed by atoms with Gasteiger partial charge in [-0.15, -0.1) is 0 Å². The van der Waals surface area contributed by atoms with Crippen LogP contribution in [0, 0.1) is 0 Å². The van der Waals surface area contributed by atoms with Crippen molar-refractivity contribution in [1.29, 1.82) is 0 Å². The Bertz CT molecular complexity index is 392. The van der Waals surface area contributed by atoms with E-state index in [1.165, 1.54) is 12.8 Å². The summed E-state index contributed by atoms with van der Waals surface area (Å²) in [6.45, 7) is 7.44. The fourth-order valence-corrected chi connectivity index (χ4v) is 2.00. The maximum Gasteiger partial charge on any atom is 0.157 e. The van der Waals surface area contributed by atoms with Gasteiger partial charge >= 0.3 is 0 Å². The highest BCUT2D eigenvalue weighted by molar-refractivity contribution is 7.80. The number of nitrogens with zero attached hydrogens (tertiary/aromatic N) is 3. The minimum Gasteiger partial charge on any atom is -0.388 e. The van der Waals surface area contributed by atoms with E-state index >= 15 is 0 Å². The number of rotatable bonds is 7. The maximum absolute atomic E-state index is 5.71. The molecule has 1 heterocycles. The lowest BCUT2D eigenvalue weighted by atomic mass is 10.2. The molecule has 0 saturated carbocycles. The van der Waals surface area contributed by atoms with E-state index in [0.717, 1.165) is 18.8 Å². The summed E-state index contributed by atoms with van der Waals surface area (Å²) in [6.07, 6.45) is 6.87. The van der Waals surface area contributed by atoms with Gasteiger partial charge in [0.2, 0.25) is 0 Å². The average molecular weight is 266 g/mol. The predicted molar refractivity (Wildman–Crippen MR) is 79.9 cm³/mol. The summed E-state index contributed by atoms with van der Waals surface area (Å²) < 4.78 is 0. The molecule has 18 heavy (non-hydrogen) atoms. The summed E-state index contributed by atoms with van der Waals surface area (Å²) in [5.74, 6) is 0.802. The molecular weight excluding hydrogens is 244 g/mol. The lowest BCUT2D eigenvalue weighted by Crippen LogP contribution is -2.34. The number of aromatic nitrogens is 2. The first-order chi connectivity index (χ1) is 8.57. The highest BCUT2D eigenvalue weighted by atomic mass is 32.1. The molecule has 100 valence electrons. The van der Waals surface area contributed by atoms with E-state index < -0.39 is 0 Å². The Balaban J connectivity index is 2.94. The van der Waals surface area contributed by atoms with Crippen LogP contribution >= 0.6 is 12.2 Å². The van der Waals surface area contributed by atoms with E-state index in [4.69, 9.17) is 18.0 Å². The van der Waals surface area contributed by atoms with E-state index in [-0.39, 0.29) is 0 Å². The SMILES string of the molecule is CCCCCN(c1nccnc1C(N)=S)C(C)C. The molecular formula is C13H22N4S. The maximum atomic E-state index is 5.71. The summed E-state index contributed by atoms with van der Waals surface area (Å²) in [5.41, 5.74) is 6.33. The number of nitrogens with two attached hydrogens (primary N) is 1. The van der Waals surface area contributed by atoms with Crippen molar-refractivity contribution in [2.24, 2.45) is 5.73 Å². The highest BCUT2D eigenvalue weighted by Crippen LogP contribution is 2.18. The van der Waals surface area contributed by atoms with Crippen molar-refractivity contribution in [3.05, 3.63) is 18.1 Å². The van der Waals surface area contributed by atoms with Gasteiger partial charge in [0.05, 0.1) is 0 Å². The van der Waals surface area contributed by atoms with Crippen molar-refractivity contribution in [2.75, 3.05) is 11.4 Å². The monoisotopic (exact) mass is 266 g/mol. The van der Waals surface area contributed by atoms with Crippen LogP contribution in [0.25, 0.3) is 0 Å². The fraction of sp³-hybridized carbons (Fsp3) is 0.615. The van der Waals surface area contributed by atoms with Gasteiger partial charge < -0.3 is 10.6 Å². The smallest absolute Gasteiger partial charge is 0.157 e. The molecule has 0 bridgehead atoms. The second-order valence-corrected chi connectivity index (χ2v) is 5.03. The summed E-state index contributed by atoms with van der Waals surface area (Å²) in [7, 11) is 0. The van der Waals surface area contributed by atoms with Gasteiger partial charge in [-0.05, 0) is 20.3 Å². The van der Waals surface area contributed by atoms with Gasteiger partial charge in [0, 0.05) is 25.0 Å². The third kappa shape index (κ3) is 3.91. The number of hydrogen-bond acceptors (Lipinski definition) is 4. The number of anilines is 1. The number of unbranched alkanes of at least 4 members (excludes halogenated alkanes) is 2. The molecule has 2 N–H and O–H groups in total. The zero-order chi connectivity index (χ0) is 13.5. The largest absolute Gasteiger partial charge is 0.388 e. The standard InChI is InChI=1S/C13H22N4S/c1-4-5-6-9-17(10(2)3)13-11(12(14)18)15-7-8-16-13/h7-8,10H,4-6,9H2,1-3H3,(H2,14,18). The van der Waals surface area contributed by atoms with Gasteiger partial charge in [-0.2, -0.15) is 0 Å². The van der Waals surface area contributed by atoms with Crippen LogP contribution in [-0.2, 0) is 0 Å². The molecule has 1 aromatic rings. The first-order valence-corrected chi connectivity index (χ1v) is 6.86. The zero-order valence-electron chi connectivity index (χ0n) is 11.4. The Labute approximate surface area is 115 Å². The van der Waals surface area contributed by atoms with Gasteiger partial charge in [-0.25, -0.2) is 9.97 Å². The molecule has 0 radical (unpaired) electrons. The third-order valence-corrected chi connectivity index (χ3v) is 3.00. The van der Waals surface area contributed by atoms with Crippen LogP contribution in [0.15, 0.2) is 12.4 Å². The molecule has 0 saturated heterocycles. The van der Waals surface area contributed by atoms with E-state index in [9.17, 15) is 0 Å². The van der Waals surface area contributed by atoms with E-state index in [1.54, 1.807) is 12.4 Å². The molecule has 1 rings (SSSR count). The summed E-state index contributed by atoms with van der Waals surface area (Å²) in [5, 5.41) is 0. The quantitative estimate of drug-likeness (QED) is 0.607. The predicted octanol–water partition coefficient (Wildman–Crippen LogP) is 2.52. The topological polar surface area (TPSA) is 55.0 Å². The van der Waals surface area contributed by atoms with Crippen molar-refractivity contribution < 1.29 is 0 Å². The molecule has 5 heteroatoms. The van der Waals surface area contributed by atoms with Gasteiger partial charge in [-0.1, -0.05) is 32.0 Å². The van der Waals surface area contributed by atoms with E-state index in [0.29, 0.717) is 16.7 Å². The van der Waals surface area contributed by atoms with Crippen molar-refractivity contribution in [2.45, 2.75) is 46.1 Å². The van der Waals surface area contributed by atoms with Crippen molar-refractivity contribution >= 4 is 23.0 Å². The van der Waals surface area contributed by atoms with E-state index in [1.807, 2.05) is 0 Å². The normalized spacial score (nSPS) is 10.7. The molecule has 0 atom stereocenters. The van der Waals surface area contributed by atoms with Crippen molar-refractivity contribution in [1.82, 2.24) is 9.97 Å². The first-order valence-electron chi connectivity index (χ1n) is 6.45. The summed E-state index contributed by atoms with van der Waals surface area (Å²) in [4.78, 5) is 11.2. The number of thiocarbonyl (C=S) groups is 1. The number of hydrogen-bond donors (Lipinski definition) is 1. The highest BCUT2D eigenvalue weighted by Gasteiger charge is 2.17. The lowest BCUT2D eigenvalue weighted by molar-refractivity contribution is 0.618. The molecule has 0 spiro atoms. The van der Waals surface area contributed by atoms with Crippen LogP contribution in [0.4, 0.5) is 5.82 Å². The second-order valence-electron chi connectivity index (χ2n) is 4.59. The molecule has 0 fully saturated rings. The van der Waals surface area contributed by atoms with Crippen LogP contribution in [0.3, 0.4) is 0 Å². The minimum absolute atomic E-state index is 0.305. The molecule has 0 unspecified atom stereocenters. The van der Waals surface area contributed by atoms with Gasteiger partial charge in [0.1, 0.15) is 10.7 Å². The molecule has 0 aromatic carbocycles. The first kappa shape index (κ1) is 14.8. The molecule has 0 aliphatic heterocycles. The Hall–Kier alpha value is -1.23. The average Bonchev–Trinajstić information content (AvgIpc) is 2.34. The van der Waals surface area contributed by atoms with Crippen LogP contribution in [0.2, 0.25) is 0 Å². The molecule has 0 aliphatic rings. The summed E-state index contributed by atoms with van der Waals surface area (Å²) >= 11 is 5.04. The van der Waals surface area contributed by atoms with Gasteiger partial charge in [0.25, 0.3) is 0 Å². The van der Waals surface area contributed by atoms with E-state index in [2.05, 4.69) is 35.6 Å². The van der Waals surface area contributed by atoms with Crippen LogP contribution < -0.4 is 10.6 Å². The lowest BCUT2D eigenvalue weighted by Gasteiger charge is -2.28. The van der Waals surface area contributed by atoms with Crippen LogP contribution in [0.1, 0.15) is 45.7 Å². The molecule has 0 aliphatic carbocycles. The van der Waals surface area contributed by atoms with Gasteiger partial charge in [-0.3, -0.25) is 0 Å². The van der Waals surface area contributed by atoms with Gasteiger partial charge in [0.15, 0.2) is 5.82 Å². The van der Waals surface area contributed by atoms with Crippen molar-refractivity contribution in [3.8, 4) is 0 Å². The Morgan fingerprint density at radius 2 is 2.00 bits per heavy atom. The minimum atomic E-state index is 0.305. The second kappa shape index (κ2) is 7.26. The third-order valence-electron chi connectivity index (χ3n) is 2.81. The zero-order valence-corrected chi connectivity index (χ0v) is 12.2. The Kier molecular flexibility index (Phi) is 5.98. The molecule has 4 nitrogen and oxygen atoms in total. The fourth-order valence-electron chi connectivity index (χ4n) is 1.86. The molecule has 0 amide bonds. The Morgan fingerprint density at radius 1 is 1.33 bits per heavy atom. The Morgan fingerprint density at radius 3 is 2.56 bits per heavy atom. The van der Waals surface area contributed by atoms with Crippen LogP contribution in [0.5, 0.6) is 0 Å².